The van der Waals surface area contributed by atoms with Gasteiger partial charge in [-0.15, -0.1) is 0 Å². The van der Waals surface area contributed by atoms with Gasteiger partial charge in [-0.25, -0.2) is 4.79 Å². The Bertz CT molecular complexity index is 557. The molecule has 0 aromatic heterocycles. The van der Waals surface area contributed by atoms with Crippen LogP contribution in [0.5, 0.6) is 0 Å². The molecule has 1 aliphatic heterocycles. The highest BCUT2D eigenvalue weighted by Crippen LogP contribution is 2.34. The minimum atomic E-state index is -0.304. The smallest absolute Gasteiger partial charge is 0.410 e. The van der Waals surface area contributed by atoms with Crippen molar-refractivity contribution in [3.63, 3.8) is 0 Å². The fourth-order valence-corrected chi connectivity index (χ4v) is 4.35. The van der Waals surface area contributed by atoms with Gasteiger partial charge in [-0.1, -0.05) is 30.3 Å². The Kier molecular flexibility index (Phi) is 5.97. The molecule has 5 heteroatoms. The van der Waals surface area contributed by atoms with Crippen LogP contribution in [0.1, 0.15) is 50.5 Å². The molecule has 1 aromatic rings. The number of methoxy groups -OCH3 is 1. The summed E-state index contributed by atoms with van der Waals surface area (Å²) in [6.45, 7) is 2.52. The molecule has 1 unspecified atom stereocenters. The van der Waals surface area contributed by atoms with E-state index in [0.717, 1.165) is 32.1 Å². The van der Waals surface area contributed by atoms with Crippen LogP contribution < -0.4 is 5.73 Å². The van der Waals surface area contributed by atoms with Crippen LogP contribution >= 0.6 is 0 Å². The SMILES string of the molecule is COC(=O)N1C(CO[C@H]2CC[C@@H](c3ccccc3)CC2)[C@@H](N)C[C@H]1C. The quantitative estimate of drug-likeness (QED) is 0.908. The molecule has 1 heterocycles. The number of rotatable bonds is 4. The second-order valence-corrected chi connectivity index (χ2v) is 7.41. The summed E-state index contributed by atoms with van der Waals surface area (Å²) in [4.78, 5) is 13.8. The lowest BCUT2D eigenvalue weighted by atomic mass is 9.83. The summed E-state index contributed by atoms with van der Waals surface area (Å²) in [5.74, 6) is 0.640. The number of benzene rings is 1. The van der Waals surface area contributed by atoms with Crippen LogP contribution in [-0.2, 0) is 9.47 Å². The van der Waals surface area contributed by atoms with E-state index in [1.165, 1.54) is 12.7 Å². The predicted octanol–water partition coefficient (Wildman–Crippen LogP) is 3.29. The lowest BCUT2D eigenvalue weighted by Gasteiger charge is -2.32. The maximum Gasteiger partial charge on any atom is 0.410 e. The lowest BCUT2D eigenvalue weighted by Crippen LogP contribution is -2.47. The maximum atomic E-state index is 12.0. The predicted molar refractivity (Wildman–Crippen MR) is 97.5 cm³/mol. The van der Waals surface area contributed by atoms with Crippen molar-refractivity contribution >= 4 is 6.09 Å². The largest absolute Gasteiger partial charge is 0.453 e. The lowest BCUT2D eigenvalue weighted by molar-refractivity contribution is -0.00790. The van der Waals surface area contributed by atoms with Gasteiger partial charge in [0.15, 0.2) is 0 Å². The van der Waals surface area contributed by atoms with Crippen molar-refractivity contribution in [3.05, 3.63) is 35.9 Å². The number of likely N-dealkylation sites (tertiary alicyclic amines) is 1. The third-order valence-corrected chi connectivity index (χ3v) is 5.77. The number of carbonyl (C=O) groups is 1. The van der Waals surface area contributed by atoms with Crippen molar-refractivity contribution in [2.45, 2.75) is 69.2 Å². The minimum absolute atomic E-state index is 0.0465. The van der Waals surface area contributed by atoms with E-state index in [-0.39, 0.29) is 30.3 Å². The summed E-state index contributed by atoms with van der Waals surface area (Å²) >= 11 is 0. The fraction of sp³-hybridized carbons (Fsp3) is 0.650. The number of hydrogen-bond acceptors (Lipinski definition) is 4. The highest BCUT2D eigenvalue weighted by molar-refractivity contribution is 5.69. The van der Waals surface area contributed by atoms with Crippen LogP contribution in [0.4, 0.5) is 4.79 Å². The van der Waals surface area contributed by atoms with Crippen LogP contribution in [0.2, 0.25) is 0 Å². The van der Waals surface area contributed by atoms with Crippen molar-refractivity contribution in [1.29, 1.82) is 0 Å². The molecular formula is C20H30N2O3. The molecule has 1 amide bonds. The van der Waals surface area contributed by atoms with Gasteiger partial charge in [-0.3, -0.25) is 4.90 Å². The number of hydrogen-bond donors (Lipinski definition) is 1. The van der Waals surface area contributed by atoms with Gasteiger partial charge < -0.3 is 15.2 Å². The average Bonchev–Trinajstić information content (AvgIpc) is 2.93. The summed E-state index contributed by atoms with van der Waals surface area (Å²) in [5, 5.41) is 0. The Morgan fingerprint density at radius 3 is 2.52 bits per heavy atom. The van der Waals surface area contributed by atoms with Crippen molar-refractivity contribution in [3.8, 4) is 0 Å². The topological polar surface area (TPSA) is 64.8 Å². The zero-order chi connectivity index (χ0) is 17.8. The molecule has 0 spiro atoms. The fourth-order valence-electron chi connectivity index (χ4n) is 4.35. The van der Waals surface area contributed by atoms with Gasteiger partial charge in [-0.2, -0.15) is 0 Å². The van der Waals surface area contributed by atoms with Crippen molar-refractivity contribution < 1.29 is 14.3 Å². The first-order valence-corrected chi connectivity index (χ1v) is 9.38. The van der Waals surface area contributed by atoms with E-state index in [9.17, 15) is 4.79 Å². The third-order valence-electron chi connectivity index (χ3n) is 5.77. The Hall–Kier alpha value is -1.59. The first kappa shape index (κ1) is 18.2. The van der Waals surface area contributed by atoms with Gasteiger partial charge in [0.25, 0.3) is 0 Å². The Labute approximate surface area is 150 Å². The van der Waals surface area contributed by atoms with Crippen molar-refractivity contribution in [2.24, 2.45) is 5.73 Å². The molecule has 2 aliphatic rings. The van der Waals surface area contributed by atoms with Crippen LogP contribution in [0.15, 0.2) is 30.3 Å². The summed E-state index contributed by atoms with van der Waals surface area (Å²) in [6, 6.07) is 10.7. The van der Waals surface area contributed by atoms with E-state index in [1.807, 2.05) is 6.92 Å². The number of ether oxygens (including phenoxy) is 2. The normalized spacial score (nSPS) is 32.6. The van der Waals surface area contributed by atoms with Crippen LogP contribution in [-0.4, -0.2) is 48.9 Å². The molecule has 1 aromatic carbocycles. The van der Waals surface area contributed by atoms with E-state index in [2.05, 4.69) is 30.3 Å². The molecule has 5 nitrogen and oxygen atoms in total. The van der Waals surface area contributed by atoms with Gasteiger partial charge in [-0.05, 0) is 50.5 Å². The average molecular weight is 346 g/mol. The number of nitrogens with zero attached hydrogens (tertiary/aromatic N) is 1. The molecular weight excluding hydrogens is 316 g/mol. The number of nitrogens with two attached hydrogens (primary N) is 1. The van der Waals surface area contributed by atoms with E-state index in [4.69, 9.17) is 15.2 Å². The number of carbonyl (C=O) groups excluding carboxylic acids is 1. The highest BCUT2D eigenvalue weighted by atomic mass is 16.5. The van der Waals surface area contributed by atoms with E-state index >= 15 is 0 Å². The Balaban J connectivity index is 1.50. The molecule has 1 saturated heterocycles. The molecule has 25 heavy (non-hydrogen) atoms. The van der Waals surface area contributed by atoms with Gasteiger partial charge in [0, 0.05) is 12.1 Å². The van der Waals surface area contributed by atoms with Gasteiger partial charge in [0.1, 0.15) is 0 Å². The van der Waals surface area contributed by atoms with Crippen LogP contribution in [0, 0.1) is 0 Å². The van der Waals surface area contributed by atoms with Gasteiger partial charge in [0.05, 0.1) is 25.9 Å². The first-order valence-electron chi connectivity index (χ1n) is 9.38. The molecule has 2 N–H and O–H groups in total. The van der Waals surface area contributed by atoms with Crippen LogP contribution in [0.25, 0.3) is 0 Å². The second-order valence-electron chi connectivity index (χ2n) is 7.41. The van der Waals surface area contributed by atoms with Crippen LogP contribution in [0.3, 0.4) is 0 Å². The summed E-state index contributed by atoms with van der Waals surface area (Å²) in [7, 11) is 1.42. The van der Waals surface area contributed by atoms with Gasteiger partial charge in [0.2, 0.25) is 0 Å². The summed E-state index contributed by atoms with van der Waals surface area (Å²) in [6.07, 6.45) is 5.20. The molecule has 1 saturated carbocycles. The Morgan fingerprint density at radius 1 is 1.20 bits per heavy atom. The van der Waals surface area contributed by atoms with E-state index < -0.39 is 0 Å². The monoisotopic (exact) mass is 346 g/mol. The standard InChI is InChI=1S/C20H30N2O3/c1-14-12-18(21)19(22(14)20(23)24-2)13-25-17-10-8-16(9-11-17)15-6-4-3-5-7-15/h3-7,14,16-19H,8-13,21H2,1-2H3/t14-,16-,17+,18+,19?/m1/s1. The molecule has 3 rings (SSSR count). The zero-order valence-corrected chi connectivity index (χ0v) is 15.3. The van der Waals surface area contributed by atoms with E-state index in [1.54, 1.807) is 4.90 Å². The molecule has 2 fully saturated rings. The second kappa shape index (κ2) is 8.19. The molecule has 3 atom stereocenters. The highest BCUT2D eigenvalue weighted by Gasteiger charge is 2.41. The van der Waals surface area contributed by atoms with Crippen molar-refractivity contribution in [1.82, 2.24) is 4.90 Å². The first-order chi connectivity index (χ1) is 12.1. The molecule has 0 radical (unpaired) electrons. The van der Waals surface area contributed by atoms with E-state index in [0.29, 0.717) is 12.5 Å². The summed E-state index contributed by atoms with van der Waals surface area (Å²) in [5.41, 5.74) is 7.67. The maximum absolute atomic E-state index is 12.0. The molecule has 0 bridgehead atoms. The Morgan fingerprint density at radius 2 is 1.88 bits per heavy atom. The molecule has 1 aliphatic carbocycles. The van der Waals surface area contributed by atoms with Gasteiger partial charge >= 0.3 is 6.09 Å². The molecule has 138 valence electrons. The zero-order valence-electron chi connectivity index (χ0n) is 15.3. The minimum Gasteiger partial charge on any atom is -0.453 e. The third kappa shape index (κ3) is 4.15. The van der Waals surface area contributed by atoms with Crippen molar-refractivity contribution in [2.75, 3.05) is 13.7 Å². The number of amides is 1. The summed E-state index contributed by atoms with van der Waals surface area (Å²) < 4.78 is 11.1.